The number of nitrogens with zero attached hydrogens (tertiary/aromatic N) is 2. The number of aliphatic hydroxyl groups is 1. The van der Waals surface area contributed by atoms with E-state index in [1.54, 1.807) is 11.3 Å². The van der Waals surface area contributed by atoms with Crippen LogP contribution in [-0.2, 0) is 27.3 Å². The van der Waals surface area contributed by atoms with Gasteiger partial charge in [-0.1, -0.05) is 57.5 Å². The number of fused-ring (bicyclic) bond motifs is 2. The van der Waals surface area contributed by atoms with Crippen molar-refractivity contribution in [2.24, 2.45) is 23.7 Å². The molecule has 3 fully saturated rings. The minimum atomic E-state index is -1.60. The quantitative estimate of drug-likeness (QED) is 0.209. The van der Waals surface area contributed by atoms with Gasteiger partial charge in [0.25, 0.3) is 0 Å². The standard InChI is InChI=1S/C28H32N2O2S.C6H12OS.C2H6.CH4O/c1-4-20-6-7-23(19(3)12-20)16-32-27-10-5-18(2)11-24(27)26-17-33-28(29-26)30-13-21-8-9-22(14-30)25(21)15-31;1-6-3-4-8(2,7)5-6;2*1-2/h5-7,10-12,15,17,21-22,25H,4,8-9,13-14,16H2,1-3H3;6H,2-5H2,1H3;1-2H3;2H,1H3. The number of carbonyl (C=O) groups excluding carboxylic acids is 1. The third kappa shape index (κ3) is 9.66. The number of anilines is 1. The lowest BCUT2D eigenvalue weighted by atomic mass is 9.87. The van der Waals surface area contributed by atoms with Gasteiger partial charge in [-0.2, -0.15) is 0 Å². The number of hydrogen-bond acceptors (Lipinski definition) is 7. The van der Waals surface area contributed by atoms with Crippen molar-refractivity contribution >= 4 is 38.1 Å². The largest absolute Gasteiger partial charge is 0.488 e. The maximum Gasteiger partial charge on any atom is 0.185 e. The molecule has 1 aliphatic carbocycles. The number of carbonyl (C=O) groups is 1. The molecule has 1 N–H and O–H groups in total. The number of benzene rings is 2. The summed E-state index contributed by atoms with van der Waals surface area (Å²) < 4.78 is 17.4. The molecule has 0 spiro atoms. The van der Waals surface area contributed by atoms with Gasteiger partial charge >= 0.3 is 0 Å². The molecule has 6 rings (SSSR count). The highest BCUT2D eigenvalue weighted by molar-refractivity contribution is 8.00. The van der Waals surface area contributed by atoms with E-state index in [4.69, 9.17) is 14.8 Å². The summed E-state index contributed by atoms with van der Waals surface area (Å²) in [6, 6.07) is 13.0. The SMILES string of the molecule is C=S1(=O)CCC(C)C1.CC.CCc1ccc(COc2ccc(C)cc2-c2csc(N3CC4CCC(C3)C4C=O)n2)c(C)c1.CO. The minimum Gasteiger partial charge on any atom is -0.488 e. The number of aromatic nitrogens is 1. The molecule has 0 amide bonds. The first-order valence-corrected chi connectivity index (χ1v) is 19.4. The van der Waals surface area contributed by atoms with Crippen LogP contribution in [0, 0.1) is 37.5 Å². The Morgan fingerprint density at radius 2 is 1.78 bits per heavy atom. The van der Waals surface area contributed by atoms with Gasteiger partial charge < -0.3 is 19.5 Å². The van der Waals surface area contributed by atoms with E-state index in [2.05, 4.69) is 80.2 Å². The Balaban J connectivity index is 0.000000393. The van der Waals surface area contributed by atoms with Gasteiger partial charge in [0.05, 0.1) is 5.69 Å². The van der Waals surface area contributed by atoms with Gasteiger partial charge in [0.15, 0.2) is 5.13 Å². The first kappa shape index (κ1) is 36.8. The number of hydrogen-bond donors (Lipinski definition) is 1. The summed E-state index contributed by atoms with van der Waals surface area (Å²) >= 11 is 1.70. The molecule has 3 heterocycles. The normalized spacial score (nSPS) is 24.8. The third-order valence-electron chi connectivity index (χ3n) is 9.01. The monoisotopic (exact) mass is 654 g/mol. The Bertz CT molecular complexity index is 1470. The predicted molar refractivity (Wildman–Crippen MR) is 193 cm³/mol. The van der Waals surface area contributed by atoms with Crippen LogP contribution in [0.2, 0.25) is 0 Å². The van der Waals surface area contributed by atoms with Crippen molar-refractivity contribution in [3.05, 3.63) is 64.0 Å². The lowest BCUT2D eigenvalue weighted by Gasteiger charge is -2.35. The van der Waals surface area contributed by atoms with E-state index < -0.39 is 9.52 Å². The Morgan fingerprint density at radius 1 is 1.09 bits per heavy atom. The summed E-state index contributed by atoms with van der Waals surface area (Å²) in [5.41, 5.74) is 7.05. The fourth-order valence-corrected chi connectivity index (χ4v) is 9.59. The number of piperidine rings is 1. The molecule has 248 valence electrons. The van der Waals surface area contributed by atoms with Crippen LogP contribution in [0.25, 0.3) is 11.3 Å². The van der Waals surface area contributed by atoms with Crippen LogP contribution >= 0.6 is 11.3 Å². The fraction of sp³-hybridized carbons (Fsp3) is 0.541. The van der Waals surface area contributed by atoms with E-state index in [-0.39, 0.29) is 5.92 Å². The van der Waals surface area contributed by atoms with Crippen molar-refractivity contribution in [1.82, 2.24) is 4.98 Å². The molecule has 2 saturated heterocycles. The zero-order valence-corrected chi connectivity index (χ0v) is 30.0. The minimum absolute atomic E-state index is 0.243. The van der Waals surface area contributed by atoms with Crippen molar-refractivity contribution in [2.45, 2.75) is 73.8 Å². The number of aldehydes is 1. The van der Waals surface area contributed by atoms with E-state index in [9.17, 15) is 9.00 Å². The van der Waals surface area contributed by atoms with Crippen LogP contribution < -0.4 is 9.64 Å². The lowest BCUT2D eigenvalue weighted by Crippen LogP contribution is -2.42. The number of aryl methyl sites for hydroxylation is 3. The second-order valence-corrected chi connectivity index (χ2v) is 15.9. The molecular weight excluding hydrogens is 601 g/mol. The van der Waals surface area contributed by atoms with Gasteiger partial charge in [0.1, 0.15) is 18.6 Å². The number of rotatable bonds is 7. The number of ether oxygens (including phenoxy) is 1. The van der Waals surface area contributed by atoms with Crippen molar-refractivity contribution in [1.29, 1.82) is 0 Å². The van der Waals surface area contributed by atoms with E-state index in [1.807, 2.05) is 13.8 Å². The maximum atomic E-state index is 11.5. The molecular formula is C37H54N2O4S2. The maximum absolute atomic E-state index is 11.5. The molecule has 3 aromatic rings. The van der Waals surface area contributed by atoms with Crippen molar-refractivity contribution < 1.29 is 18.8 Å². The summed E-state index contributed by atoms with van der Waals surface area (Å²) in [7, 11) is -0.595. The molecule has 3 aliphatic rings. The second-order valence-electron chi connectivity index (χ2n) is 12.4. The molecule has 0 radical (unpaired) electrons. The van der Waals surface area contributed by atoms with Crippen LogP contribution in [0.3, 0.4) is 0 Å². The van der Waals surface area contributed by atoms with Crippen LogP contribution in [0.4, 0.5) is 5.13 Å². The second kappa shape index (κ2) is 17.3. The Morgan fingerprint density at radius 3 is 2.31 bits per heavy atom. The first-order chi connectivity index (χ1) is 21.7. The van der Waals surface area contributed by atoms with E-state index >= 15 is 0 Å². The number of thiazole rings is 1. The highest BCUT2D eigenvalue weighted by Gasteiger charge is 2.42. The van der Waals surface area contributed by atoms with Crippen molar-refractivity contribution in [2.75, 3.05) is 36.6 Å². The summed E-state index contributed by atoms with van der Waals surface area (Å²) in [4.78, 5) is 18.9. The molecule has 4 atom stereocenters. The zero-order chi connectivity index (χ0) is 33.1. The fourth-order valence-electron chi connectivity index (χ4n) is 6.54. The third-order valence-corrected chi connectivity index (χ3v) is 12.1. The molecule has 4 unspecified atom stereocenters. The van der Waals surface area contributed by atoms with E-state index in [0.29, 0.717) is 24.4 Å². The van der Waals surface area contributed by atoms with Crippen molar-refractivity contribution in [3.8, 4) is 17.0 Å². The molecule has 2 bridgehead atoms. The average Bonchev–Trinajstić information content (AvgIpc) is 3.73. The van der Waals surface area contributed by atoms with Crippen molar-refractivity contribution in [3.63, 3.8) is 0 Å². The first-order valence-electron chi connectivity index (χ1n) is 16.4. The molecule has 2 aromatic carbocycles. The Kier molecular flexibility index (Phi) is 14.1. The van der Waals surface area contributed by atoms with Crippen LogP contribution in [0.5, 0.6) is 5.75 Å². The Hall–Kier alpha value is -2.68. The number of aliphatic hydroxyl groups excluding tert-OH is 1. The summed E-state index contributed by atoms with van der Waals surface area (Å²) in [6.07, 6.45) is 5.68. The molecule has 45 heavy (non-hydrogen) atoms. The van der Waals surface area contributed by atoms with Gasteiger partial charge in [-0.25, -0.2) is 4.98 Å². The van der Waals surface area contributed by atoms with Gasteiger partial charge in [-0.15, -0.1) is 11.3 Å². The summed E-state index contributed by atoms with van der Waals surface area (Å²) in [6.45, 7) is 15.0. The predicted octanol–water partition coefficient (Wildman–Crippen LogP) is 7.61. The molecule has 6 nitrogen and oxygen atoms in total. The van der Waals surface area contributed by atoms with Gasteiger partial charge in [-0.3, -0.25) is 4.21 Å². The van der Waals surface area contributed by atoms with E-state index in [0.717, 1.165) is 79.5 Å². The van der Waals surface area contributed by atoms with Crippen LogP contribution in [-0.4, -0.2) is 58.2 Å². The average molecular weight is 655 g/mol. The zero-order valence-electron chi connectivity index (χ0n) is 28.4. The molecule has 8 heteroatoms. The van der Waals surface area contributed by atoms with Crippen LogP contribution in [0.15, 0.2) is 41.8 Å². The smallest absolute Gasteiger partial charge is 0.185 e. The highest BCUT2D eigenvalue weighted by Crippen LogP contribution is 2.43. The molecule has 1 saturated carbocycles. The molecule has 2 aliphatic heterocycles. The summed E-state index contributed by atoms with van der Waals surface area (Å²) in [5.74, 6) is 8.08. The van der Waals surface area contributed by atoms with Gasteiger partial charge in [0, 0.05) is 48.6 Å². The highest BCUT2D eigenvalue weighted by atomic mass is 32.2. The summed E-state index contributed by atoms with van der Waals surface area (Å²) in [5, 5.41) is 10.2. The molecule has 1 aromatic heterocycles. The van der Waals surface area contributed by atoms with Crippen LogP contribution in [0.1, 0.15) is 69.2 Å². The van der Waals surface area contributed by atoms with Gasteiger partial charge in [0.2, 0.25) is 0 Å². The van der Waals surface area contributed by atoms with E-state index in [1.165, 1.54) is 28.5 Å². The topological polar surface area (TPSA) is 79.7 Å². The van der Waals surface area contributed by atoms with Gasteiger partial charge in [-0.05, 0) is 101 Å². The Labute approximate surface area is 276 Å². The lowest BCUT2D eigenvalue weighted by molar-refractivity contribution is -0.113.